The van der Waals surface area contributed by atoms with E-state index in [9.17, 15) is 0 Å². The molecule has 0 aromatic heterocycles. The summed E-state index contributed by atoms with van der Waals surface area (Å²) in [5.74, 6) is 1.64. The van der Waals surface area contributed by atoms with Crippen LogP contribution in [0.3, 0.4) is 0 Å². The predicted molar refractivity (Wildman–Crippen MR) is 68.0 cm³/mol. The molecule has 0 amide bonds. The van der Waals surface area contributed by atoms with Crippen molar-refractivity contribution in [2.24, 2.45) is 5.92 Å². The SMILES string of the molecule is CNC1CCC(C2CC2)c2c(Cl)cccc21. The van der Waals surface area contributed by atoms with Crippen molar-refractivity contribution in [2.45, 2.75) is 37.6 Å². The molecule has 2 unspecified atom stereocenters. The first kappa shape index (κ1) is 10.6. The highest BCUT2D eigenvalue weighted by molar-refractivity contribution is 6.31. The van der Waals surface area contributed by atoms with Crippen LogP contribution in [0, 0.1) is 5.92 Å². The van der Waals surface area contributed by atoms with Crippen molar-refractivity contribution in [1.82, 2.24) is 5.32 Å². The van der Waals surface area contributed by atoms with Crippen LogP contribution in [-0.4, -0.2) is 7.05 Å². The zero-order valence-corrected chi connectivity index (χ0v) is 10.4. The van der Waals surface area contributed by atoms with Crippen LogP contribution < -0.4 is 5.32 Å². The normalized spacial score (nSPS) is 28.9. The Hall–Kier alpha value is -0.530. The molecule has 0 bridgehead atoms. The summed E-state index contributed by atoms with van der Waals surface area (Å²) >= 11 is 6.40. The Morgan fingerprint density at radius 1 is 1.19 bits per heavy atom. The van der Waals surface area contributed by atoms with Crippen LogP contribution in [0.4, 0.5) is 0 Å². The number of benzene rings is 1. The highest BCUT2D eigenvalue weighted by Gasteiger charge is 2.38. The highest BCUT2D eigenvalue weighted by Crippen LogP contribution is 2.52. The van der Waals surface area contributed by atoms with Crippen molar-refractivity contribution < 1.29 is 0 Å². The maximum Gasteiger partial charge on any atom is 0.0444 e. The van der Waals surface area contributed by atoms with Crippen molar-refractivity contribution in [3.8, 4) is 0 Å². The standard InChI is InChI=1S/C14H18ClN/c1-16-13-8-7-10(9-5-6-9)14-11(13)3-2-4-12(14)15/h2-4,9-10,13,16H,5-8H2,1H3. The van der Waals surface area contributed by atoms with Gasteiger partial charge in [0.15, 0.2) is 0 Å². The first-order valence-electron chi connectivity index (χ1n) is 6.27. The number of rotatable bonds is 2. The molecule has 1 aromatic carbocycles. The van der Waals surface area contributed by atoms with Gasteiger partial charge in [-0.2, -0.15) is 0 Å². The van der Waals surface area contributed by atoms with E-state index in [4.69, 9.17) is 11.6 Å². The third kappa shape index (κ3) is 1.66. The lowest BCUT2D eigenvalue weighted by Crippen LogP contribution is -2.24. The molecule has 2 aliphatic rings. The van der Waals surface area contributed by atoms with Gasteiger partial charge < -0.3 is 5.32 Å². The maximum atomic E-state index is 6.40. The predicted octanol–water partition coefficient (Wildman–Crippen LogP) is 3.89. The van der Waals surface area contributed by atoms with E-state index in [1.807, 2.05) is 13.1 Å². The summed E-state index contributed by atoms with van der Waals surface area (Å²) in [6, 6.07) is 6.88. The van der Waals surface area contributed by atoms with E-state index in [0.717, 1.165) is 16.9 Å². The van der Waals surface area contributed by atoms with Gasteiger partial charge in [-0.3, -0.25) is 0 Å². The molecule has 0 heterocycles. The summed E-state index contributed by atoms with van der Waals surface area (Å²) < 4.78 is 0. The number of fused-ring (bicyclic) bond motifs is 1. The van der Waals surface area contributed by atoms with Crippen LogP contribution in [0.5, 0.6) is 0 Å². The zero-order chi connectivity index (χ0) is 11.1. The van der Waals surface area contributed by atoms with Crippen LogP contribution in [0.25, 0.3) is 0 Å². The van der Waals surface area contributed by atoms with E-state index in [1.54, 1.807) is 0 Å². The average Bonchev–Trinajstić information content (AvgIpc) is 3.12. The number of hydrogen-bond donors (Lipinski definition) is 1. The molecule has 2 heteroatoms. The zero-order valence-electron chi connectivity index (χ0n) is 9.67. The Balaban J connectivity index is 2.06. The molecule has 3 rings (SSSR count). The number of hydrogen-bond acceptors (Lipinski definition) is 1. The van der Waals surface area contributed by atoms with Crippen LogP contribution in [0.2, 0.25) is 5.02 Å². The average molecular weight is 236 g/mol. The molecule has 0 spiro atoms. The summed E-state index contributed by atoms with van der Waals surface area (Å²) in [6.07, 6.45) is 5.36. The van der Waals surface area contributed by atoms with E-state index in [0.29, 0.717) is 6.04 Å². The number of halogens is 1. The smallest absolute Gasteiger partial charge is 0.0444 e. The minimum atomic E-state index is 0.503. The van der Waals surface area contributed by atoms with Gasteiger partial charge in [-0.1, -0.05) is 23.7 Å². The molecular formula is C14H18ClN. The van der Waals surface area contributed by atoms with Crippen molar-refractivity contribution in [3.63, 3.8) is 0 Å². The Morgan fingerprint density at radius 2 is 2.00 bits per heavy atom. The molecule has 1 fully saturated rings. The topological polar surface area (TPSA) is 12.0 Å². The van der Waals surface area contributed by atoms with Crippen LogP contribution in [0.1, 0.15) is 48.8 Å². The quantitative estimate of drug-likeness (QED) is 0.820. The van der Waals surface area contributed by atoms with Crippen molar-refractivity contribution >= 4 is 11.6 Å². The van der Waals surface area contributed by atoms with E-state index in [2.05, 4.69) is 17.4 Å². The van der Waals surface area contributed by atoms with Crippen LogP contribution in [-0.2, 0) is 0 Å². The van der Waals surface area contributed by atoms with Gasteiger partial charge in [0, 0.05) is 11.1 Å². The lowest BCUT2D eigenvalue weighted by molar-refractivity contribution is 0.421. The van der Waals surface area contributed by atoms with E-state index in [1.165, 1.54) is 36.8 Å². The van der Waals surface area contributed by atoms with Crippen molar-refractivity contribution in [2.75, 3.05) is 7.05 Å². The summed E-state index contributed by atoms with van der Waals surface area (Å²) in [6.45, 7) is 0. The van der Waals surface area contributed by atoms with Gasteiger partial charge in [0.25, 0.3) is 0 Å². The second kappa shape index (κ2) is 4.05. The fourth-order valence-electron chi connectivity index (χ4n) is 3.16. The third-order valence-electron chi connectivity index (χ3n) is 4.14. The Bertz CT molecular complexity index is 398. The molecule has 0 aliphatic heterocycles. The second-order valence-corrected chi connectivity index (χ2v) is 5.51. The molecule has 16 heavy (non-hydrogen) atoms. The molecular weight excluding hydrogens is 218 g/mol. The van der Waals surface area contributed by atoms with Gasteiger partial charge in [0.05, 0.1) is 0 Å². The van der Waals surface area contributed by atoms with Gasteiger partial charge in [0.2, 0.25) is 0 Å². The molecule has 86 valence electrons. The largest absolute Gasteiger partial charge is 0.313 e. The lowest BCUT2D eigenvalue weighted by atomic mass is 9.77. The Kier molecular flexibility index (Phi) is 2.68. The van der Waals surface area contributed by atoms with E-state index in [-0.39, 0.29) is 0 Å². The summed E-state index contributed by atoms with van der Waals surface area (Å²) in [5.41, 5.74) is 2.88. The lowest BCUT2D eigenvalue weighted by Gasteiger charge is -2.32. The highest BCUT2D eigenvalue weighted by atomic mass is 35.5. The summed E-state index contributed by atoms with van der Waals surface area (Å²) in [7, 11) is 2.05. The first-order chi connectivity index (χ1) is 7.81. The summed E-state index contributed by atoms with van der Waals surface area (Å²) in [5, 5.41) is 4.39. The van der Waals surface area contributed by atoms with Gasteiger partial charge in [0.1, 0.15) is 0 Å². The Labute approximate surface area is 102 Å². The molecule has 1 N–H and O–H groups in total. The Morgan fingerprint density at radius 3 is 2.69 bits per heavy atom. The van der Waals surface area contributed by atoms with Gasteiger partial charge >= 0.3 is 0 Å². The van der Waals surface area contributed by atoms with Crippen LogP contribution >= 0.6 is 11.6 Å². The minimum absolute atomic E-state index is 0.503. The second-order valence-electron chi connectivity index (χ2n) is 5.11. The number of nitrogens with one attached hydrogen (secondary N) is 1. The molecule has 1 saturated carbocycles. The molecule has 1 aromatic rings. The van der Waals surface area contributed by atoms with Gasteiger partial charge in [-0.25, -0.2) is 0 Å². The van der Waals surface area contributed by atoms with Crippen molar-refractivity contribution in [3.05, 3.63) is 34.3 Å². The molecule has 0 saturated heterocycles. The monoisotopic (exact) mass is 235 g/mol. The molecule has 1 nitrogen and oxygen atoms in total. The molecule has 2 atom stereocenters. The molecule has 0 radical (unpaired) electrons. The van der Waals surface area contributed by atoms with Crippen LogP contribution in [0.15, 0.2) is 18.2 Å². The fourth-order valence-corrected chi connectivity index (χ4v) is 3.49. The minimum Gasteiger partial charge on any atom is -0.313 e. The molecule has 2 aliphatic carbocycles. The van der Waals surface area contributed by atoms with E-state index < -0.39 is 0 Å². The van der Waals surface area contributed by atoms with Gasteiger partial charge in [-0.15, -0.1) is 0 Å². The van der Waals surface area contributed by atoms with Gasteiger partial charge in [-0.05, 0) is 61.8 Å². The first-order valence-corrected chi connectivity index (χ1v) is 6.64. The third-order valence-corrected chi connectivity index (χ3v) is 4.47. The maximum absolute atomic E-state index is 6.40. The fraction of sp³-hybridized carbons (Fsp3) is 0.571. The van der Waals surface area contributed by atoms with E-state index >= 15 is 0 Å². The summed E-state index contributed by atoms with van der Waals surface area (Å²) in [4.78, 5) is 0. The van der Waals surface area contributed by atoms with Crippen molar-refractivity contribution in [1.29, 1.82) is 0 Å².